The standard InChI is InChI=1S/C26H17F3N4O/c27-26(28,29)20-6-9-22-23(15-20)33-24(32-22)19-3-1-2-18(14-19)16-4-7-21(8-5-16)31-25(34)17-10-12-30-13-11-17/h1-15H,(H,31,34)(H,32,33). The fourth-order valence-electron chi connectivity index (χ4n) is 3.62. The third-order valence-corrected chi connectivity index (χ3v) is 5.36. The van der Waals surface area contributed by atoms with Crippen LogP contribution in [-0.4, -0.2) is 20.9 Å². The minimum absolute atomic E-state index is 0.226. The monoisotopic (exact) mass is 458 g/mol. The van der Waals surface area contributed by atoms with Gasteiger partial charge in [-0.1, -0.05) is 30.3 Å². The number of carbonyl (C=O) groups is 1. The average Bonchev–Trinajstić information content (AvgIpc) is 3.28. The third-order valence-electron chi connectivity index (χ3n) is 5.36. The molecule has 0 radical (unpaired) electrons. The number of rotatable bonds is 4. The summed E-state index contributed by atoms with van der Waals surface area (Å²) in [5.41, 5.74) is 3.80. The maximum atomic E-state index is 13.0. The van der Waals surface area contributed by atoms with Crippen molar-refractivity contribution in [3.63, 3.8) is 0 Å². The van der Waals surface area contributed by atoms with Gasteiger partial charge in [0, 0.05) is 29.2 Å². The third kappa shape index (κ3) is 4.38. The van der Waals surface area contributed by atoms with E-state index >= 15 is 0 Å². The van der Waals surface area contributed by atoms with Crippen molar-refractivity contribution >= 4 is 22.6 Å². The predicted octanol–water partition coefficient (Wildman–Crippen LogP) is 6.56. The number of pyridine rings is 1. The largest absolute Gasteiger partial charge is 0.416 e. The fourth-order valence-corrected chi connectivity index (χ4v) is 3.62. The molecule has 1 amide bonds. The molecule has 3 aromatic carbocycles. The highest BCUT2D eigenvalue weighted by molar-refractivity contribution is 6.04. The quantitative estimate of drug-likeness (QED) is 0.320. The van der Waals surface area contributed by atoms with Gasteiger partial charge in [-0.2, -0.15) is 13.2 Å². The second-order valence-corrected chi connectivity index (χ2v) is 7.66. The Morgan fingerprint density at radius 1 is 0.824 bits per heavy atom. The molecule has 2 heterocycles. The van der Waals surface area contributed by atoms with Gasteiger partial charge in [0.25, 0.3) is 5.91 Å². The molecule has 0 atom stereocenters. The highest BCUT2D eigenvalue weighted by Gasteiger charge is 2.30. The van der Waals surface area contributed by atoms with Crippen LogP contribution in [0.3, 0.4) is 0 Å². The van der Waals surface area contributed by atoms with Crippen molar-refractivity contribution in [3.05, 3.63) is 102 Å². The van der Waals surface area contributed by atoms with E-state index in [9.17, 15) is 18.0 Å². The number of aromatic nitrogens is 3. The smallest absolute Gasteiger partial charge is 0.338 e. The number of carbonyl (C=O) groups excluding carboxylic acids is 1. The van der Waals surface area contributed by atoms with Crippen LogP contribution in [0.2, 0.25) is 0 Å². The number of halogens is 3. The number of hydrogen-bond donors (Lipinski definition) is 2. The molecule has 0 saturated heterocycles. The Hall–Kier alpha value is -4.46. The number of amides is 1. The molecule has 34 heavy (non-hydrogen) atoms. The van der Waals surface area contributed by atoms with Gasteiger partial charge in [-0.3, -0.25) is 9.78 Å². The van der Waals surface area contributed by atoms with Gasteiger partial charge < -0.3 is 10.3 Å². The van der Waals surface area contributed by atoms with E-state index in [2.05, 4.69) is 20.3 Å². The molecule has 0 spiro atoms. The minimum Gasteiger partial charge on any atom is -0.338 e. The number of fused-ring (bicyclic) bond motifs is 1. The number of nitrogens with zero attached hydrogens (tertiary/aromatic N) is 2. The summed E-state index contributed by atoms with van der Waals surface area (Å²) in [7, 11) is 0. The van der Waals surface area contributed by atoms with E-state index in [0.29, 0.717) is 28.1 Å². The SMILES string of the molecule is O=C(Nc1ccc(-c2cccc(-c3nc4ccc(C(F)(F)F)cc4[nH]3)c2)cc1)c1ccncc1. The molecule has 5 rings (SSSR count). The topological polar surface area (TPSA) is 70.7 Å². The zero-order chi connectivity index (χ0) is 23.7. The molecule has 2 aromatic heterocycles. The van der Waals surface area contributed by atoms with Crippen LogP contribution in [-0.2, 0) is 6.18 Å². The Balaban J connectivity index is 1.38. The van der Waals surface area contributed by atoms with Crippen molar-refractivity contribution < 1.29 is 18.0 Å². The van der Waals surface area contributed by atoms with Gasteiger partial charge in [0.05, 0.1) is 16.6 Å². The van der Waals surface area contributed by atoms with Crippen LogP contribution in [0.15, 0.2) is 91.3 Å². The van der Waals surface area contributed by atoms with Crippen LogP contribution < -0.4 is 5.32 Å². The first kappa shape index (κ1) is 21.4. The Kier molecular flexibility index (Phi) is 5.33. The van der Waals surface area contributed by atoms with Crippen LogP contribution in [0.25, 0.3) is 33.5 Å². The van der Waals surface area contributed by atoms with Crippen molar-refractivity contribution in [2.24, 2.45) is 0 Å². The number of hydrogen-bond acceptors (Lipinski definition) is 3. The first-order chi connectivity index (χ1) is 16.4. The zero-order valence-electron chi connectivity index (χ0n) is 17.6. The summed E-state index contributed by atoms with van der Waals surface area (Å²) < 4.78 is 39.0. The number of anilines is 1. The van der Waals surface area contributed by atoms with Crippen molar-refractivity contribution in [1.82, 2.24) is 15.0 Å². The minimum atomic E-state index is -4.41. The fraction of sp³-hybridized carbons (Fsp3) is 0.0385. The molecule has 0 aliphatic heterocycles. The Bertz CT molecular complexity index is 1480. The Labute approximate surface area is 192 Å². The van der Waals surface area contributed by atoms with Crippen LogP contribution in [0.1, 0.15) is 15.9 Å². The first-order valence-corrected chi connectivity index (χ1v) is 10.4. The second kappa shape index (κ2) is 8.47. The molecular formula is C26H17F3N4O. The van der Waals surface area contributed by atoms with Gasteiger partial charge in [0.15, 0.2) is 0 Å². The summed E-state index contributed by atoms with van der Waals surface area (Å²) in [5.74, 6) is 0.258. The van der Waals surface area contributed by atoms with E-state index in [-0.39, 0.29) is 5.91 Å². The lowest BCUT2D eigenvalue weighted by Crippen LogP contribution is -2.11. The Morgan fingerprint density at radius 3 is 2.29 bits per heavy atom. The second-order valence-electron chi connectivity index (χ2n) is 7.66. The molecule has 168 valence electrons. The summed E-state index contributed by atoms with van der Waals surface area (Å²) in [6.07, 6.45) is -1.30. The summed E-state index contributed by atoms with van der Waals surface area (Å²) in [4.78, 5) is 23.6. The molecule has 0 saturated carbocycles. The maximum absolute atomic E-state index is 13.0. The lowest BCUT2D eigenvalue weighted by molar-refractivity contribution is -0.137. The van der Waals surface area contributed by atoms with Gasteiger partial charge in [0.2, 0.25) is 0 Å². The molecule has 8 heteroatoms. The Morgan fingerprint density at radius 2 is 1.56 bits per heavy atom. The van der Waals surface area contributed by atoms with Gasteiger partial charge >= 0.3 is 6.18 Å². The number of aromatic amines is 1. The molecule has 0 aliphatic carbocycles. The molecule has 0 unspecified atom stereocenters. The molecule has 5 aromatic rings. The van der Waals surface area contributed by atoms with E-state index in [1.165, 1.54) is 6.07 Å². The van der Waals surface area contributed by atoms with Crippen LogP contribution in [0.5, 0.6) is 0 Å². The number of imidazole rings is 1. The van der Waals surface area contributed by atoms with Gasteiger partial charge in [-0.25, -0.2) is 4.98 Å². The lowest BCUT2D eigenvalue weighted by atomic mass is 10.0. The van der Waals surface area contributed by atoms with E-state index in [1.54, 1.807) is 36.7 Å². The van der Waals surface area contributed by atoms with Crippen LogP contribution in [0.4, 0.5) is 18.9 Å². The average molecular weight is 458 g/mol. The van der Waals surface area contributed by atoms with Crippen LogP contribution in [0, 0.1) is 0 Å². The van der Waals surface area contributed by atoms with Crippen molar-refractivity contribution in [3.8, 4) is 22.5 Å². The number of alkyl halides is 3. The van der Waals surface area contributed by atoms with Crippen molar-refractivity contribution in [2.75, 3.05) is 5.32 Å². The lowest BCUT2D eigenvalue weighted by Gasteiger charge is -2.08. The molecule has 0 aliphatic rings. The predicted molar refractivity (Wildman–Crippen MR) is 124 cm³/mol. The number of nitrogens with one attached hydrogen (secondary N) is 2. The summed E-state index contributed by atoms with van der Waals surface area (Å²) >= 11 is 0. The van der Waals surface area contributed by atoms with Crippen molar-refractivity contribution in [2.45, 2.75) is 6.18 Å². The van der Waals surface area contributed by atoms with Crippen LogP contribution >= 0.6 is 0 Å². The molecule has 0 fully saturated rings. The molecule has 5 nitrogen and oxygen atoms in total. The van der Waals surface area contributed by atoms with E-state index in [1.807, 2.05) is 36.4 Å². The number of benzene rings is 3. The highest BCUT2D eigenvalue weighted by atomic mass is 19.4. The normalized spacial score (nSPS) is 11.5. The van der Waals surface area contributed by atoms with E-state index in [0.717, 1.165) is 28.8 Å². The van der Waals surface area contributed by atoms with Gasteiger partial charge in [0.1, 0.15) is 5.82 Å². The summed E-state index contributed by atoms with van der Waals surface area (Å²) in [6.45, 7) is 0. The van der Waals surface area contributed by atoms with E-state index in [4.69, 9.17) is 0 Å². The molecule has 2 N–H and O–H groups in total. The molecule has 0 bridgehead atoms. The summed E-state index contributed by atoms with van der Waals surface area (Å²) in [6, 6.07) is 21.6. The van der Waals surface area contributed by atoms with E-state index < -0.39 is 11.7 Å². The highest BCUT2D eigenvalue weighted by Crippen LogP contribution is 2.32. The molecular weight excluding hydrogens is 441 g/mol. The number of H-pyrrole nitrogens is 1. The zero-order valence-corrected chi connectivity index (χ0v) is 17.6. The van der Waals surface area contributed by atoms with Gasteiger partial charge in [-0.15, -0.1) is 0 Å². The summed E-state index contributed by atoms with van der Waals surface area (Å²) in [5, 5.41) is 2.84. The maximum Gasteiger partial charge on any atom is 0.416 e. The van der Waals surface area contributed by atoms with Crippen molar-refractivity contribution in [1.29, 1.82) is 0 Å². The first-order valence-electron chi connectivity index (χ1n) is 10.4. The van der Waals surface area contributed by atoms with Gasteiger partial charge in [-0.05, 0) is 59.7 Å².